The molecule has 3 aromatic rings. The first-order valence-electron chi connectivity index (χ1n) is 18.3. The number of aliphatic hydroxyl groups is 2. The zero-order chi connectivity index (χ0) is 35.2. The van der Waals surface area contributed by atoms with Gasteiger partial charge in [0.2, 0.25) is 10.0 Å². The number of carbonyl (C=O) groups excluding carboxylic acids is 1. The summed E-state index contributed by atoms with van der Waals surface area (Å²) in [6.07, 6.45) is 13.3. The molecule has 8 heteroatoms. The lowest BCUT2D eigenvalue weighted by Crippen LogP contribution is -2.67. The molecule has 6 aliphatic carbocycles. The van der Waals surface area contributed by atoms with E-state index in [4.69, 9.17) is 0 Å². The standard InChI is InChI=1S/C42H49NO5S2/c1-38-19-15-32(44)26-40(38)22-23-42(34(27-40)37(45)31-13-11-30(12-14-31)29-8-5-4-6-9-29)35(38)16-20-39(2)36(42)17-21-41(39,46)28-43(50(3,47)48)24-18-33-10-7-25-49-33/h4-14,22-23,25,27,32,35-36,44,46H,15-21,24,26,28H2,1-3H3/t32?,35-,36-,38-,39+,40+,41-,42-/m1/s1. The lowest BCUT2D eigenvalue weighted by molar-refractivity contribution is -0.173. The molecule has 264 valence electrons. The molecule has 0 aliphatic heterocycles. The maximum Gasteiger partial charge on any atom is 0.211 e. The number of carbonyl (C=O) groups is 1. The van der Waals surface area contributed by atoms with Gasteiger partial charge in [-0.15, -0.1) is 11.3 Å². The molecule has 1 unspecified atom stereocenters. The van der Waals surface area contributed by atoms with Gasteiger partial charge in [-0.3, -0.25) is 4.79 Å². The molecule has 2 spiro atoms. The van der Waals surface area contributed by atoms with Crippen LogP contribution in [0.3, 0.4) is 0 Å². The van der Waals surface area contributed by atoms with Crippen LogP contribution in [0.1, 0.15) is 74.0 Å². The molecule has 0 saturated heterocycles. The van der Waals surface area contributed by atoms with E-state index in [1.54, 1.807) is 11.3 Å². The molecule has 3 saturated carbocycles. The molecule has 6 nitrogen and oxygen atoms in total. The Morgan fingerprint density at radius 3 is 2.26 bits per heavy atom. The summed E-state index contributed by atoms with van der Waals surface area (Å²) in [5.74, 6) is 0.147. The van der Waals surface area contributed by atoms with Gasteiger partial charge in [0.25, 0.3) is 0 Å². The maximum atomic E-state index is 15.0. The average molecular weight is 712 g/mol. The highest BCUT2D eigenvalue weighted by molar-refractivity contribution is 7.88. The predicted octanol–water partition coefficient (Wildman–Crippen LogP) is 7.69. The first-order valence-corrected chi connectivity index (χ1v) is 21.0. The Morgan fingerprint density at radius 2 is 1.56 bits per heavy atom. The van der Waals surface area contributed by atoms with Crippen molar-refractivity contribution in [2.75, 3.05) is 19.3 Å². The summed E-state index contributed by atoms with van der Waals surface area (Å²) in [7, 11) is -3.59. The van der Waals surface area contributed by atoms with Gasteiger partial charge < -0.3 is 10.2 Å². The minimum Gasteiger partial charge on any atom is -0.393 e. The monoisotopic (exact) mass is 711 g/mol. The number of benzene rings is 2. The van der Waals surface area contributed by atoms with Crippen molar-refractivity contribution in [2.24, 2.45) is 33.5 Å². The Bertz CT molecular complexity index is 1960. The highest BCUT2D eigenvalue weighted by Gasteiger charge is 2.74. The zero-order valence-corrected chi connectivity index (χ0v) is 31.0. The van der Waals surface area contributed by atoms with Crippen LogP contribution in [0.5, 0.6) is 0 Å². The molecule has 0 radical (unpaired) electrons. The van der Waals surface area contributed by atoms with Crippen molar-refractivity contribution in [3.8, 4) is 11.1 Å². The summed E-state index contributed by atoms with van der Waals surface area (Å²) in [5, 5.41) is 25.8. The van der Waals surface area contributed by atoms with Crippen LogP contribution in [0.15, 0.2) is 95.9 Å². The van der Waals surface area contributed by atoms with Crippen molar-refractivity contribution in [1.29, 1.82) is 0 Å². The van der Waals surface area contributed by atoms with Gasteiger partial charge in [-0.1, -0.05) is 92.7 Å². The minimum atomic E-state index is -3.59. The van der Waals surface area contributed by atoms with E-state index in [-0.39, 0.29) is 29.6 Å². The minimum absolute atomic E-state index is 0.0221. The van der Waals surface area contributed by atoms with Gasteiger partial charge in [-0.25, -0.2) is 8.42 Å². The molecule has 2 N–H and O–H groups in total. The first kappa shape index (κ1) is 34.2. The van der Waals surface area contributed by atoms with Gasteiger partial charge >= 0.3 is 0 Å². The van der Waals surface area contributed by atoms with E-state index < -0.39 is 38.0 Å². The molecule has 2 bridgehead atoms. The Labute approximate surface area is 301 Å². The van der Waals surface area contributed by atoms with E-state index in [1.165, 1.54) is 10.6 Å². The van der Waals surface area contributed by atoms with Crippen LogP contribution in [0.4, 0.5) is 0 Å². The number of nitrogens with zero attached hydrogens (tertiary/aromatic N) is 1. The van der Waals surface area contributed by atoms with E-state index in [0.29, 0.717) is 37.8 Å². The number of rotatable bonds is 9. The topological polar surface area (TPSA) is 94.9 Å². The zero-order valence-electron chi connectivity index (χ0n) is 29.3. The SMILES string of the molecule is C[C@]12CC[C@H]3[C@]4(C=C[C@@]5(C=C4C(=O)c4ccc(-c6ccccc6)cc4)CC(O)CC[C@]35C)[C@@H]1CC[C@@]2(O)CN(CCc1cccs1)S(C)(=O)=O. The number of fused-ring (bicyclic) bond motifs is 1. The Hall–Kier alpha value is -2.88. The van der Waals surface area contributed by atoms with Gasteiger partial charge in [-0.2, -0.15) is 4.31 Å². The van der Waals surface area contributed by atoms with Gasteiger partial charge in [0.05, 0.1) is 18.0 Å². The van der Waals surface area contributed by atoms with Crippen molar-refractivity contribution in [2.45, 2.75) is 76.9 Å². The highest BCUT2D eigenvalue weighted by Crippen LogP contribution is 2.78. The van der Waals surface area contributed by atoms with Crippen LogP contribution < -0.4 is 0 Å². The molecular weight excluding hydrogens is 663 g/mol. The predicted molar refractivity (Wildman–Crippen MR) is 199 cm³/mol. The number of allylic oxidation sites excluding steroid dienone is 4. The van der Waals surface area contributed by atoms with Crippen molar-refractivity contribution in [1.82, 2.24) is 4.31 Å². The quantitative estimate of drug-likeness (QED) is 0.175. The molecular formula is C42H49NO5S2. The van der Waals surface area contributed by atoms with E-state index >= 15 is 0 Å². The van der Waals surface area contributed by atoms with E-state index in [1.807, 2.05) is 60.0 Å². The number of aliphatic hydroxyl groups excluding tert-OH is 1. The number of hydrogen-bond donors (Lipinski definition) is 2. The fourth-order valence-corrected chi connectivity index (χ4v) is 13.1. The highest BCUT2D eigenvalue weighted by atomic mass is 32.2. The van der Waals surface area contributed by atoms with Crippen molar-refractivity contribution < 1.29 is 23.4 Å². The van der Waals surface area contributed by atoms with Crippen LogP contribution in [0, 0.1) is 33.5 Å². The summed E-state index contributed by atoms with van der Waals surface area (Å²) in [6.45, 7) is 4.93. The normalized spacial score (nSPS) is 37.2. The van der Waals surface area contributed by atoms with E-state index in [0.717, 1.165) is 47.3 Å². The van der Waals surface area contributed by atoms with Gasteiger partial charge in [0, 0.05) is 45.3 Å². The van der Waals surface area contributed by atoms with Crippen LogP contribution in [-0.2, 0) is 16.4 Å². The maximum absolute atomic E-state index is 15.0. The Morgan fingerprint density at radius 1 is 0.880 bits per heavy atom. The first-order chi connectivity index (χ1) is 23.7. The van der Waals surface area contributed by atoms with Crippen LogP contribution in [-0.4, -0.2) is 59.8 Å². The largest absolute Gasteiger partial charge is 0.393 e. The van der Waals surface area contributed by atoms with Gasteiger partial charge in [0.1, 0.15) is 0 Å². The number of ketones is 1. The fourth-order valence-electron chi connectivity index (χ4n) is 11.5. The molecule has 0 amide bonds. The van der Waals surface area contributed by atoms with Gasteiger partial charge in [-0.05, 0) is 91.2 Å². The average Bonchev–Trinajstić information content (AvgIpc) is 3.72. The Balaban J connectivity index is 1.19. The number of sulfonamides is 1. The molecule has 1 aromatic heterocycles. The smallest absolute Gasteiger partial charge is 0.211 e. The van der Waals surface area contributed by atoms with Crippen molar-refractivity contribution >= 4 is 27.1 Å². The molecule has 9 rings (SSSR count). The number of thiophene rings is 1. The van der Waals surface area contributed by atoms with Crippen LogP contribution >= 0.6 is 11.3 Å². The van der Waals surface area contributed by atoms with Gasteiger partial charge in [0.15, 0.2) is 5.78 Å². The Kier molecular flexibility index (Phi) is 8.09. The number of hydrogen-bond acceptors (Lipinski definition) is 6. The lowest BCUT2D eigenvalue weighted by Gasteiger charge is -2.71. The summed E-state index contributed by atoms with van der Waals surface area (Å²) in [6, 6.07) is 22.1. The van der Waals surface area contributed by atoms with E-state index in [9.17, 15) is 23.4 Å². The van der Waals surface area contributed by atoms with Crippen LogP contribution in [0.2, 0.25) is 0 Å². The van der Waals surface area contributed by atoms with Crippen molar-refractivity contribution in [3.05, 3.63) is 106 Å². The lowest BCUT2D eigenvalue weighted by atomic mass is 9.32. The second kappa shape index (κ2) is 11.8. The van der Waals surface area contributed by atoms with E-state index in [2.05, 4.69) is 44.2 Å². The summed E-state index contributed by atoms with van der Waals surface area (Å²) >= 11 is 1.62. The summed E-state index contributed by atoms with van der Waals surface area (Å²) in [5.41, 5.74) is 0.605. The second-order valence-electron chi connectivity index (χ2n) is 16.5. The molecule has 6 aliphatic rings. The molecule has 2 aromatic carbocycles. The van der Waals surface area contributed by atoms with Crippen molar-refractivity contribution in [3.63, 3.8) is 0 Å². The number of Topliss-reactive ketones (excluding diaryl/α,β-unsaturated/α-hetero) is 1. The third kappa shape index (κ3) is 4.96. The summed E-state index contributed by atoms with van der Waals surface area (Å²) in [4.78, 5) is 16.1. The molecule has 1 heterocycles. The fraction of sp³-hybridized carbons (Fsp3) is 0.500. The summed E-state index contributed by atoms with van der Waals surface area (Å²) < 4.78 is 27.9. The molecule has 50 heavy (non-hydrogen) atoms. The third-order valence-electron chi connectivity index (χ3n) is 14.3. The van der Waals surface area contributed by atoms with Crippen LogP contribution in [0.25, 0.3) is 11.1 Å². The molecule has 3 fully saturated rings. The third-order valence-corrected chi connectivity index (χ3v) is 16.5. The molecule has 8 atom stereocenters. The second-order valence-corrected chi connectivity index (χ2v) is 19.5.